The molecule has 0 bridgehead atoms. The van der Waals surface area contributed by atoms with Crippen LogP contribution in [0, 0.1) is 33.2 Å². The number of benzene rings is 7. The van der Waals surface area contributed by atoms with Crippen molar-refractivity contribution < 1.29 is 73.2 Å². The van der Waals surface area contributed by atoms with Gasteiger partial charge in [-0.2, -0.15) is 14.0 Å². The third-order valence-electron chi connectivity index (χ3n) is 19.5. The Labute approximate surface area is 681 Å². The molecule has 5 N–H and O–H groups in total. The predicted molar refractivity (Wildman–Crippen MR) is 444 cm³/mol. The van der Waals surface area contributed by atoms with Gasteiger partial charge in [0.15, 0.2) is 21.3 Å². The summed E-state index contributed by atoms with van der Waals surface area (Å²) >= 11 is 2.27. The summed E-state index contributed by atoms with van der Waals surface area (Å²) in [6, 6.07) is 53.3. The van der Waals surface area contributed by atoms with Crippen LogP contribution in [0.25, 0.3) is 77.0 Å². The number of primary amides is 2. The van der Waals surface area contributed by atoms with Gasteiger partial charge in [0.1, 0.15) is 42.3 Å². The number of amides is 3. The largest absolute Gasteiger partial charge is 0.493 e. The first-order valence-electron chi connectivity index (χ1n) is 36.3. The Hall–Kier alpha value is -12.5. The molecule has 2 aliphatic rings. The number of carbonyl (C=O) groups excluding carboxylic acids is 3. The van der Waals surface area contributed by atoms with E-state index in [2.05, 4.69) is 63.9 Å². The molecule has 0 spiro atoms. The fourth-order valence-electron chi connectivity index (χ4n) is 13.1. The number of pyridine rings is 6. The van der Waals surface area contributed by atoms with Gasteiger partial charge in [-0.1, -0.05) is 24.3 Å². The molecule has 29 heteroatoms. The molecule has 1 saturated carbocycles. The number of nitrogens with two attached hydrogens (primary N) is 2. The van der Waals surface area contributed by atoms with Crippen molar-refractivity contribution in [2.45, 2.75) is 80.8 Å². The van der Waals surface area contributed by atoms with Crippen molar-refractivity contribution in [1.29, 1.82) is 5.26 Å². The van der Waals surface area contributed by atoms with Crippen LogP contribution in [0.1, 0.15) is 77.2 Å². The lowest BCUT2D eigenvalue weighted by Crippen LogP contribution is -2.25. The number of aryl methyl sites for hydroxylation is 1. The molecule has 24 nitrogen and oxygen atoms in total. The van der Waals surface area contributed by atoms with E-state index in [9.17, 15) is 40.0 Å². The maximum Gasteiger partial charge on any atom is 0.347 e. The molecule has 2 fully saturated rings. The molecule has 1 aliphatic heterocycles. The highest BCUT2D eigenvalue weighted by molar-refractivity contribution is 14.1. The Balaban J connectivity index is 0.000000145. The second-order valence-electron chi connectivity index (χ2n) is 27.6. The highest BCUT2D eigenvalue weighted by Gasteiger charge is 2.44. The van der Waals surface area contributed by atoms with E-state index in [0.717, 1.165) is 95.0 Å². The van der Waals surface area contributed by atoms with E-state index in [-0.39, 0.29) is 42.1 Å². The molecule has 594 valence electrons. The van der Waals surface area contributed by atoms with Crippen LogP contribution in [0.5, 0.6) is 40.2 Å². The molecule has 116 heavy (non-hydrogen) atoms. The maximum atomic E-state index is 13.5. The van der Waals surface area contributed by atoms with Gasteiger partial charge in [-0.3, -0.25) is 44.3 Å². The van der Waals surface area contributed by atoms with Gasteiger partial charge in [0, 0.05) is 106 Å². The number of carbonyl (C=O) groups is 3. The summed E-state index contributed by atoms with van der Waals surface area (Å²) in [5.41, 5.74) is 20.7. The molecule has 0 unspecified atom stereocenters. The zero-order valence-corrected chi connectivity index (χ0v) is 67.8. The average Bonchev–Trinajstić information content (AvgIpc) is 1.18. The maximum absolute atomic E-state index is 13.5. The highest BCUT2D eigenvalue weighted by Crippen LogP contribution is 2.50. The monoisotopic (exact) mass is 1720 g/mol. The van der Waals surface area contributed by atoms with E-state index in [1.807, 2.05) is 104 Å². The number of alkyl halides is 2. The van der Waals surface area contributed by atoms with Gasteiger partial charge < -0.3 is 49.9 Å². The number of hydrogen-bond acceptors (Lipinski definition) is 21. The SMILES string of the molecule is CC(F)(F)S(=O)(=O)c1ccc(-c2cc(OCc3ncccc3C(N)=O)c3cccnc3c2)cc1.COc1cc(-c2cc(OCC3(CC#N)CC3)c3cccnc3c2)cc(OC)c1OC.C[C@@H](Oc1cc(I)cc2ncccc12)[C@H]1CNC(=O)C1.Cc1cc(-c2cc(OCc3ncccc3C(N)=O)c3cccnc3c2)ccc1S(C)(=O)=O. The van der Waals surface area contributed by atoms with Crippen molar-refractivity contribution >= 4 is 104 Å². The summed E-state index contributed by atoms with van der Waals surface area (Å²) in [5, 5.41) is 11.5. The Morgan fingerprint density at radius 1 is 0.578 bits per heavy atom. The second-order valence-corrected chi connectivity index (χ2v) is 33.1. The van der Waals surface area contributed by atoms with Gasteiger partial charge in [-0.15, -0.1) is 0 Å². The summed E-state index contributed by atoms with van der Waals surface area (Å²) in [4.78, 5) is 60.6. The first-order chi connectivity index (χ1) is 55.6. The highest BCUT2D eigenvalue weighted by atomic mass is 127. The summed E-state index contributed by atoms with van der Waals surface area (Å²) in [6.45, 7) is 5.38. The molecule has 3 amide bonds. The fourth-order valence-corrected chi connectivity index (χ4v) is 15.5. The minimum Gasteiger partial charge on any atom is -0.493 e. The van der Waals surface area contributed by atoms with Crippen LogP contribution in [-0.4, -0.2) is 117 Å². The van der Waals surface area contributed by atoms with Crippen molar-refractivity contribution in [2.75, 3.05) is 40.7 Å². The van der Waals surface area contributed by atoms with Crippen molar-refractivity contribution in [3.05, 3.63) is 245 Å². The van der Waals surface area contributed by atoms with Gasteiger partial charge >= 0.3 is 5.25 Å². The zero-order chi connectivity index (χ0) is 82.6. The van der Waals surface area contributed by atoms with Crippen LogP contribution in [-0.2, 0) is 37.7 Å². The Morgan fingerprint density at radius 3 is 1.44 bits per heavy atom. The minimum absolute atomic E-state index is 0.00411. The van der Waals surface area contributed by atoms with E-state index < -0.39 is 41.6 Å². The molecule has 13 aromatic rings. The van der Waals surface area contributed by atoms with E-state index in [0.29, 0.717) is 111 Å². The summed E-state index contributed by atoms with van der Waals surface area (Å²) < 4.78 is 117. The third-order valence-corrected chi connectivity index (χ3v) is 23.3. The van der Waals surface area contributed by atoms with Crippen molar-refractivity contribution in [3.63, 3.8) is 0 Å². The summed E-state index contributed by atoms with van der Waals surface area (Å²) in [6.07, 6.45) is 14.3. The lowest BCUT2D eigenvalue weighted by molar-refractivity contribution is -0.119. The number of rotatable bonds is 24. The number of sulfone groups is 2. The van der Waals surface area contributed by atoms with Gasteiger partial charge in [0.05, 0.1) is 88.4 Å². The second kappa shape index (κ2) is 35.9. The van der Waals surface area contributed by atoms with Crippen LogP contribution < -0.4 is 49.9 Å². The van der Waals surface area contributed by atoms with Gasteiger partial charge in [0.25, 0.3) is 11.8 Å². The Kier molecular flexibility index (Phi) is 25.6. The number of halogens is 3. The van der Waals surface area contributed by atoms with E-state index in [1.54, 1.807) is 114 Å². The normalized spacial score (nSPS) is 13.7. The first kappa shape index (κ1) is 82.9. The lowest BCUT2D eigenvalue weighted by Gasteiger charge is -2.20. The molecule has 1 aliphatic carbocycles. The predicted octanol–water partition coefficient (Wildman–Crippen LogP) is 15.8. The lowest BCUT2D eigenvalue weighted by atomic mass is 10.0. The summed E-state index contributed by atoms with van der Waals surface area (Å²) in [7, 11) is -3.31. The molecule has 6 aromatic heterocycles. The standard InChI is InChI=1S/C24H19F2N3O4S.C24H21N3O4S.C24H24N2O4.C15H15IN2O2/c1-24(25,26)34(31,32)17-8-6-15(7-9-17)16-12-20-18(4-2-10-28-20)22(13-16)33-14-21-19(23(27)30)5-3-11-29-21;1-15-11-16(7-8-23(15)32(2,29)30)17-12-20-18(5-3-9-26-20)22(13-17)31-14-21-19(24(25)28)6-4-10-27-21;1-27-21-13-17(14-22(28-2)23(21)29-3)16-11-19-18(5-4-10-26-19)20(12-16)30-15-24(6-7-24)8-9-25;1-9(10-5-15(19)18-8-10)20-14-7-11(16)6-13-12(14)3-2-4-17-13/h2-13H,14H2,1H3,(H2,27,30);3-13H,14H2,1-2H3,(H2,25,28);4-5,10-14H,6-8,15H2,1-3H3;2-4,6-7,9-10H,5,8H2,1H3,(H,18,19)/t;;;9-,10-/m...1/s1. The number of aromatic nitrogens is 6. The smallest absolute Gasteiger partial charge is 0.347 e. The quantitative estimate of drug-likeness (QED) is 0.0473. The van der Waals surface area contributed by atoms with Gasteiger partial charge in [0.2, 0.25) is 21.5 Å². The van der Waals surface area contributed by atoms with Crippen molar-refractivity contribution in [2.24, 2.45) is 22.8 Å². The molecule has 15 rings (SSSR count). The molecular formula is C87H79F2IN10O14S2. The molecule has 1 saturated heterocycles. The third kappa shape index (κ3) is 19.5. The molecule has 0 radical (unpaired) electrons. The van der Waals surface area contributed by atoms with Crippen molar-refractivity contribution in [3.8, 4) is 79.7 Å². The number of ether oxygens (including phenoxy) is 7. The number of hydrogen-bond donors (Lipinski definition) is 3. The van der Waals surface area contributed by atoms with Crippen molar-refractivity contribution in [1.82, 2.24) is 35.2 Å². The van der Waals surface area contributed by atoms with Gasteiger partial charge in [-0.05, 0) is 240 Å². The molecule has 7 aromatic carbocycles. The number of methoxy groups -OCH3 is 3. The topological polar surface area (TPSA) is 349 Å². The number of nitrogens with zero attached hydrogens (tertiary/aromatic N) is 7. The van der Waals surface area contributed by atoms with Crippen LogP contribution in [0.3, 0.4) is 0 Å². The Morgan fingerprint density at radius 2 is 1.01 bits per heavy atom. The Bertz CT molecular complexity index is 6150. The first-order valence-corrected chi connectivity index (χ1v) is 40.7. The van der Waals surface area contributed by atoms with E-state index in [4.69, 9.17) is 49.9 Å². The number of fused-ring (bicyclic) bond motifs is 4. The number of nitrogens with one attached hydrogen (secondary N) is 1. The summed E-state index contributed by atoms with van der Waals surface area (Å²) in [5.74, 6) is 3.47. The van der Waals surface area contributed by atoms with E-state index in [1.165, 1.54) is 24.6 Å². The molecule has 7 heterocycles. The molecule has 2 atom stereocenters. The molecular weight excluding hydrogens is 1640 g/mol. The zero-order valence-electron chi connectivity index (χ0n) is 64.0. The van der Waals surface area contributed by atoms with Crippen LogP contribution in [0.15, 0.2) is 223 Å². The van der Waals surface area contributed by atoms with Gasteiger partial charge in [-0.25, -0.2) is 16.8 Å². The van der Waals surface area contributed by atoms with Crippen LogP contribution >= 0.6 is 22.6 Å². The average molecular weight is 1720 g/mol. The minimum atomic E-state index is -4.78. The fraction of sp³-hybridized carbons (Fsp3) is 0.218. The van der Waals surface area contributed by atoms with E-state index >= 15 is 0 Å². The number of nitriles is 1. The van der Waals surface area contributed by atoms with Crippen LogP contribution in [0.4, 0.5) is 8.78 Å². The van der Waals surface area contributed by atoms with Crippen LogP contribution in [0.2, 0.25) is 0 Å².